The third-order valence-electron chi connectivity index (χ3n) is 4.66. The lowest BCUT2D eigenvalue weighted by molar-refractivity contribution is -0.137. The second-order valence-electron chi connectivity index (χ2n) is 6.25. The molecule has 2 heterocycles. The van der Waals surface area contributed by atoms with Crippen molar-refractivity contribution < 1.29 is 13.2 Å². The third-order valence-corrected chi connectivity index (χ3v) is 4.66. The summed E-state index contributed by atoms with van der Waals surface area (Å²) in [5.41, 5.74) is 6.00. The zero-order chi connectivity index (χ0) is 18.2. The highest BCUT2D eigenvalue weighted by molar-refractivity contribution is 6.16. The van der Waals surface area contributed by atoms with Gasteiger partial charge in [-0.3, -0.25) is 9.20 Å². The highest BCUT2D eigenvalue weighted by Crippen LogP contribution is 2.34. The minimum absolute atomic E-state index is 0.130. The van der Waals surface area contributed by atoms with Crippen molar-refractivity contribution >= 4 is 43.9 Å². The molecule has 0 unspecified atom stereocenters. The van der Waals surface area contributed by atoms with E-state index in [0.717, 1.165) is 17.5 Å². The molecule has 128 valence electrons. The van der Waals surface area contributed by atoms with E-state index in [2.05, 4.69) is 4.98 Å². The maximum Gasteiger partial charge on any atom is 0.416 e. The summed E-state index contributed by atoms with van der Waals surface area (Å²) >= 11 is 0. The highest BCUT2D eigenvalue weighted by Gasteiger charge is 2.31. The number of aromatic nitrogens is 2. The van der Waals surface area contributed by atoms with E-state index in [1.165, 1.54) is 10.5 Å². The van der Waals surface area contributed by atoms with Crippen LogP contribution in [-0.2, 0) is 6.18 Å². The zero-order valence-corrected chi connectivity index (χ0v) is 13.1. The number of hydrogen-bond acceptors (Lipinski definition) is 3. The summed E-state index contributed by atoms with van der Waals surface area (Å²) in [6.07, 6.45) is -4.50. The molecule has 7 heteroatoms. The standard InChI is InChI=1S/C19H10F3N3O/c20-19(21,22)10-4-5-14-15(7-10)25-17(24-14)13-8-11(23)6-9-2-1-3-12(16(9)13)18(25)26/h1-8H,23H2. The van der Waals surface area contributed by atoms with Crippen LogP contribution in [0.4, 0.5) is 18.9 Å². The molecule has 5 rings (SSSR count). The number of imidazole rings is 1. The van der Waals surface area contributed by atoms with E-state index in [-0.39, 0.29) is 5.52 Å². The van der Waals surface area contributed by atoms with Crippen molar-refractivity contribution in [2.75, 3.05) is 5.73 Å². The quantitative estimate of drug-likeness (QED) is 0.425. The molecular formula is C19H10F3N3O. The maximum absolute atomic E-state index is 13.1. The largest absolute Gasteiger partial charge is 0.416 e. The van der Waals surface area contributed by atoms with Gasteiger partial charge in [-0.05, 0) is 41.8 Å². The van der Waals surface area contributed by atoms with Crippen molar-refractivity contribution in [3.63, 3.8) is 0 Å². The van der Waals surface area contributed by atoms with E-state index in [9.17, 15) is 18.0 Å². The molecule has 0 aliphatic carbocycles. The van der Waals surface area contributed by atoms with E-state index in [1.807, 2.05) is 6.07 Å². The number of anilines is 1. The van der Waals surface area contributed by atoms with Crippen molar-refractivity contribution in [3.8, 4) is 0 Å². The summed E-state index contributed by atoms with van der Waals surface area (Å²) in [5.74, 6) is 0. The predicted molar refractivity (Wildman–Crippen MR) is 94.6 cm³/mol. The van der Waals surface area contributed by atoms with Gasteiger partial charge in [0.25, 0.3) is 5.56 Å². The maximum atomic E-state index is 13.1. The Morgan fingerprint density at radius 1 is 1.00 bits per heavy atom. The average Bonchev–Trinajstić information content (AvgIpc) is 2.97. The van der Waals surface area contributed by atoms with Gasteiger partial charge in [0.1, 0.15) is 5.65 Å². The molecule has 3 aromatic carbocycles. The van der Waals surface area contributed by atoms with Gasteiger partial charge < -0.3 is 5.73 Å². The first kappa shape index (κ1) is 14.9. The van der Waals surface area contributed by atoms with Crippen molar-refractivity contribution in [1.82, 2.24) is 9.38 Å². The molecule has 5 aromatic rings. The van der Waals surface area contributed by atoms with Crippen molar-refractivity contribution in [2.45, 2.75) is 6.18 Å². The summed E-state index contributed by atoms with van der Waals surface area (Å²) < 4.78 is 40.5. The second-order valence-corrected chi connectivity index (χ2v) is 6.25. The topological polar surface area (TPSA) is 60.4 Å². The van der Waals surface area contributed by atoms with E-state index < -0.39 is 17.3 Å². The number of hydrogen-bond donors (Lipinski definition) is 1. The molecule has 0 atom stereocenters. The SMILES string of the molecule is Nc1cc2cccc3c(=O)n4c5cc(C(F)(F)F)ccc5nc4c(c1)c23. The van der Waals surface area contributed by atoms with Crippen LogP contribution in [0.5, 0.6) is 0 Å². The Kier molecular flexibility index (Phi) is 2.66. The Bertz CT molecular complexity index is 1400. The minimum Gasteiger partial charge on any atom is -0.399 e. The first-order valence-electron chi connectivity index (χ1n) is 7.81. The number of fused-ring (bicyclic) bond motifs is 4. The Labute approximate surface area is 143 Å². The Morgan fingerprint density at radius 3 is 2.58 bits per heavy atom. The molecule has 4 nitrogen and oxygen atoms in total. The van der Waals surface area contributed by atoms with Gasteiger partial charge in [-0.15, -0.1) is 0 Å². The number of rotatable bonds is 0. The summed E-state index contributed by atoms with van der Waals surface area (Å²) in [4.78, 5) is 17.4. The molecule has 2 aromatic heterocycles. The Hall–Kier alpha value is -3.35. The average molecular weight is 353 g/mol. The van der Waals surface area contributed by atoms with Gasteiger partial charge in [0.2, 0.25) is 0 Å². The van der Waals surface area contributed by atoms with E-state index in [0.29, 0.717) is 33.0 Å². The molecule has 0 saturated heterocycles. The third kappa shape index (κ3) is 1.85. The molecule has 2 N–H and O–H groups in total. The van der Waals surface area contributed by atoms with E-state index in [4.69, 9.17) is 5.73 Å². The van der Waals surface area contributed by atoms with Crippen molar-refractivity contribution in [3.05, 3.63) is 64.4 Å². The number of pyridine rings is 1. The monoisotopic (exact) mass is 353 g/mol. The molecular weight excluding hydrogens is 343 g/mol. The summed E-state index contributed by atoms with van der Waals surface area (Å²) in [6, 6.07) is 11.9. The fourth-order valence-electron chi connectivity index (χ4n) is 3.56. The highest BCUT2D eigenvalue weighted by atomic mass is 19.4. The summed E-state index contributed by atoms with van der Waals surface area (Å²) in [7, 11) is 0. The molecule has 0 amide bonds. The van der Waals surface area contributed by atoms with E-state index >= 15 is 0 Å². The van der Waals surface area contributed by atoms with Crippen LogP contribution in [0.3, 0.4) is 0 Å². The lowest BCUT2D eigenvalue weighted by atomic mass is 10.0. The molecule has 0 aliphatic heterocycles. The fourth-order valence-corrected chi connectivity index (χ4v) is 3.56. The molecule has 0 fully saturated rings. The number of nitrogens with two attached hydrogens (primary N) is 1. The van der Waals surface area contributed by atoms with Crippen LogP contribution >= 0.6 is 0 Å². The number of benzene rings is 3. The second kappa shape index (κ2) is 4.63. The fraction of sp³-hybridized carbons (Fsp3) is 0.0526. The van der Waals surface area contributed by atoms with Crippen LogP contribution in [0.2, 0.25) is 0 Å². The molecule has 0 aliphatic rings. The predicted octanol–water partition coefficient (Wildman–Crippen LogP) is 4.19. The van der Waals surface area contributed by atoms with Gasteiger partial charge in [0.05, 0.1) is 16.6 Å². The van der Waals surface area contributed by atoms with Gasteiger partial charge in [-0.2, -0.15) is 13.2 Å². The molecule has 0 radical (unpaired) electrons. The first-order chi connectivity index (χ1) is 12.3. The molecule has 0 saturated carbocycles. The van der Waals surface area contributed by atoms with Gasteiger partial charge in [-0.25, -0.2) is 4.98 Å². The molecule has 26 heavy (non-hydrogen) atoms. The van der Waals surface area contributed by atoms with Crippen molar-refractivity contribution in [1.29, 1.82) is 0 Å². The van der Waals surface area contributed by atoms with Crippen LogP contribution in [0.1, 0.15) is 5.56 Å². The number of alkyl halides is 3. The van der Waals surface area contributed by atoms with Gasteiger partial charge in [0.15, 0.2) is 0 Å². The zero-order valence-electron chi connectivity index (χ0n) is 13.1. The Morgan fingerprint density at radius 2 is 1.81 bits per heavy atom. The lowest BCUT2D eigenvalue weighted by Gasteiger charge is -2.09. The van der Waals surface area contributed by atoms with Crippen molar-refractivity contribution in [2.24, 2.45) is 0 Å². The minimum atomic E-state index is -4.50. The smallest absolute Gasteiger partial charge is 0.399 e. The molecule has 0 bridgehead atoms. The van der Waals surface area contributed by atoms with Crippen LogP contribution in [-0.4, -0.2) is 9.38 Å². The van der Waals surface area contributed by atoms with Crippen LogP contribution in [0.25, 0.3) is 38.2 Å². The lowest BCUT2D eigenvalue weighted by Crippen LogP contribution is -2.14. The summed E-state index contributed by atoms with van der Waals surface area (Å²) in [5, 5.41) is 2.56. The Balaban J connectivity index is 2.09. The number of nitrogens with zero attached hydrogens (tertiary/aromatic N) is 2. The van der Waals surface area contributed by atoms with Crippen LogP contribution in [0.15, 0.2) is 53.3 Å². The van der Waals surface area contributed by atoms with Crippen LogP contribution < -0.4 is 11.3 Å². The molecule has 0 spiro atoms. The van der Waals surface area contributed by atoms with Gasteiger partial charge >= 0.3 is 6.18 Å². The van der Waals surface area contributed by atoms with Gasteiger partial charge in [-0.1, -0.05) is 12.1 Å². The number of halogens is 3. The first-order valence-corrected chi connectivity index (χ1v) is 7.81. The normalized spacial score (nSPS) is 12.7. The summed E-state index contributed by atoms with van der Waals surface area (Å²) in [6.45, 7) is 0. The van der Waals surface area contributed by atoms with Gasteiger partial charge in [0, 0.05) is 21.8 Å². The number of nitrogen functional groups attached to an aromatic ring is 1. The van der Waals surface area contributed by atoms with Crippen LogP contribution in [0, 0.1) is 0 Å². The van der Waals surface area contributed by atoms with E-state index in [1.54, 1.807) is 24.3 Å².